The van der Waals surface area contributed by atoms with Crippen molar-refractivity contribution >= 4 is 21.8 Å². The van der Waals surface area contributed by atoms with Gasteiger partial charge in [0.05, 0.1) is 0 Å². The first-order chi connectivity index (χ1) is 9.08. The molecule has 1 amide bonds. The molecule has 19 heavy (non-hydrogen) atoms. The summed E-state index contributed by atoms with van der Waals surface area (Å²) in [5.74, 6) is 0.846. The fraction of sp³-hybridized carbons (Fsp3) is 0.533. The highest BCUT2D eigenvalue weighted by Crippen LogP contribution is 2.23. The molecule has 1 aromatic rings. The van der Waals surface area contributed by atoms with Crippen LogP contribution in [0.1, 0.15) is 31.7 Å². The number of carbonyl (C=O) groups is 1. The van der Waals surface area contributed by atoms with Gasteiger partial charge in [-0.15, -0.1) is 0 Å². The van der Waals surface area contributed by atoms with Gasteiger partial charge >= 0.3 is 0 Å². The van der Waals surface area contributed by atoms with Crippen molar-refractivity contribution in [3.05, 3.63) is 28.2 Å². The highest BCUT2D eigenvalue weighted by Gasteiger charge is 2.23. The Morgan fingerprint density at radius 2 is 2.00 bits per heavy atom. The Kier molecular flexibility index (Phi) is 4.86. The van der Waals surface area contributed by atoms with E-state index < -0.39 is 6.10 Å². The number of benzene rings is 1. The molecule has 4 heteroatoms. The van der Waals surface area contributed by atoms with Crippen LogP contribution in [0.25, 0.3) is 0 Å². The normalized spacial score (nSPS) is 17.1. The van der Waals surface area contributed by atoms with E-state index in [1.807, 2.05) is 36.9 Å². The van der Waals surface area contributed by atoms with Gasteiger partial charge in [-0.2, -0.15) is 0 Å². The average molecular weight is 326 g/mol. The van der Waals surface area contributed by atoms with E-state index in [1.165, 1.54) is 6.42 Å². The Labute approximate surface area is 123 Å². The van der Waals surface area contributed by atoms with E-state index in [4.69, 9.17) is 4.74 Å². The summed E-state index contributed by atoms with van der Waals surface area (Å²) in [7, 11) is 0. The van der Waals surface area contributed by atoms with E-state index in [0.29, 0.717) is 0 Å². The second-order valence-corrected chi connectivity index (χ2v) is 5.91. The summed E-state index contributed by atoms with van der Waals surface area (Å²) in [5, 5.41) is 0. The van der Waals surface area contributed by atoms with Crippen molar-refractivity contribution in [2.45, 2.75) is 39.2 Å². The van der Waals surface area contributed by atoms with E-state index in [-0.39, 0.29) is 5.91 Å². The van der Waals surface area contributed by atoms with Crippen molar-refractivity contribution < 1.29 is 9.53 Å². The molecular weight excluding hydrogens is 306 g/mol. The van der Waals surface area contributed by atoms with Crippen molar-refractivity contribution in [3.8, 4) is 5.75 Å². The van der Waals surface area contributed by atoms with Gasteiger partial charge in [-0.1, -0.05) is 15.9 Å². The predicted molar refractivity (Wildman–Crippen MR) is 79.4 cm³/mol. The van der Waals surface area contributed by atoms with Gasteiger partial charge in [0.2, 0.25) is 0 Å². The minimum Gasteiger partial charge on any atom is -0.481 e. The fourth-order valence-electron chi connectivity index (χ4n) is 2.32. The van der Waals surface area contributed by atoms with Gasteiger partial charge in [0.25, 0.3) is 5.91 Å². The van der Waals surface area contributed by atoms with Crippen molar-refractivity contribution in [2.75, 3.05) is 13.1 Å². The number of aryl methyl sites for hydroxylation is 1. The average Bonchev–Trinajstić information content (AvgIpc) is 2.43. The number of carbonyl (C=O) groups excluding carboxylic acids is 1. The predicted octanol–water partition coefficient (Wildman–Crippen LogP) is 3.54. The third kappa shape index (κ3) is 3.72. The molecule has 0 bridgehead atoms. The van der Waals surface area contributed by atoms with Crippen molar-refractivity contribution in [1.29, 1.82) is 0 Å². The smallest absolute Gasteiger partial charge is 0.263 e. The zero-order valence-corrected chi connectivity index (χ0v) is 13.1. The first-order valence-corrected chi connectivity index (χ1v) is 7.59. The molecule has 3 nitrogen and oxygen atoms in total. The van der Waals surface area contributed by atoms with Gasteiger partial charge in [-0.05, 0) is 56.9 Å². The summed E-state index contributed by atoms with van der Waals surface area (Å²) in [4.78, 5) is 14.2. The van der Waals surface area contributed by atoms with E-state index in [9.17, 15) is 4.79 Å². The minimum absolute atomic E-state index is 0.0975. The van der Waals surface area contributed by atoms with Crippen molar-refractivity contribution in [3.63, 3.8) is 0 Å². The van der Waals surface area contributed by atoms with Crippen LogP contribution >= 0.6 is 15.9 Å². The van der Waals surface area contributed by atoms with Gasteiger partial charge in [0.15, 0.2) is 6.10 Å². The number of halogens is 1. The van der Waals surface area contributed by atoms with Gasteiger partial charge in [-0.3, -0.25) is 4.79 Å². The second kappa shape index (κ2) is 6.42. The van der Waals surface area contributed by atoms with Crippen LogP contribution in [-0.4, -0.2) is 30.0 Å². The molecule has 1 fully saturated rings. The molecule has 0 aromatic heterocycles. The molecule has 1 aromatic carbocycles. The van der Waals surface area contributed by atoms with Gasteiger partial charge in [-0.25, -0.2) is 0 Å². The standard InChI is InChI=1S/C15H20BrNO2/c1-11-10-13(6-7-14(11)16)19-12(2)15(18)17-8-4-3-5-9-17/h6-7,10,12H,3-5,8-9H2,1-2H3. The van der Waals surface area contributed by atoms with Crippen LogP contribution in [0.5, 0.6) is 5.75 Å². The first-order valence-electron chi connectivity index (χ1n) is 6.79. The summed E-state index contributed by atoms with van der Waals surface area (Å²) in [6.07, 6.45) is 3.02. The van der Waals surface area contributed by atoms with Gasteiger partial charge < -0.3 is 9.64 Å². The Bertz CT molecular complexity index is 455. The summed E-state index contributed by atoms with van der Waals surface area (Å²) in [6, 6.07) is 5.78. The third-order valence-electron chi connectivity index (χ3n) is 3.46. The number of rotatable bonds is 3. The first kappa shape index (κ1) is 14.4. The lowest BCUT2D eigenvalue weighted by Gasteiger charge is -2.29. The van der Waals surface area contributed by atoms with Crippen LogP contribution in [0, 0.1) is 6.92 Å². The Morgan fingerprint density at radius 3 is 2.63 bits per heavy atom. The number of likely N-dealkylation sites (tertiary alicyclic amines) is 1. The molecule has 1 atom stereocenters. The van der Waals surface area contributed by atoms with Crippen molar-refractivity contribution in [2.24, 2.45) is 0 Å². The van der Waals surface area contributed by atoms with Crippen molar-refractivity contribution in [1.82, 2.24) is 4.90 Å². The quantitative estimate of drug-likeness (QED) is 0.850. The van der Waals surface area contributed by atoms with Crippen LogP contribution in [0.15, 0.2) is 22.7 Å². The Hall–Kier alpha value is -1.03. The number of ether oxygens (including phenoxy) is 1. The molecule has 1 unspecified atom stereocenters. The molecule has 0 spiro atoms. The number of hydrogen-bond acceptors (Lipinski definition) is 2. The summed E-state index contributed by atoms with van der Waals surface area (Å²) in [6.45, 7) is 5.57. The topological polar surface area (TPSA) is 29.5 Å². The summed E-state index contributed by atoms with van der Waals surface area (Å²) >= 11 is 3.46. The summed E-state index contributed by atoms with van der Waals surface area (Å²) < 4.78 is 6.80. The Morgan fingerprint density at radius 1 is 1.32 bits per heavy atom. The van der Waals surface area contributed by atoms with Crippen LogP contribution in [0.4, 0.5) is 0 Å². The molecule has 104 valence electrons. The molecule has 0 N–H and O–H groups in total. The molecule has 1 heterocycles. The maximum Gasteiger partial charge on any atom is 0.263 e. The third-order valence-corrected chi connectivity index (χ3v) is 4.35. The maximum atomic E-state index is 12.2. The SMILES string of the molecule is Cc1cc(OC(C)C(=O)N2CCCCC2)ccc1Br. The van der Waals surface area contributed by atoms with E-state index >= 15 is 0 Å². The second-order valence-electron chi connectivity index (χ2n) is 5.06. The molecule has 0 radical (unpaired) electrons. The molecule has 0 saturated carbocycles. The molecule has 0 aliphatic carbocycles. The lowest BCUT2D eigenvalue weighted by Crippen LogP contribution is -2.43. The number of hydrogen-bond donors (Lipinski definition) is 0. The monoisotopic (exact) mass is 325 g/mol. The lowest BCUT2D eigenvalue weighted by molar-refractivity contribution is -0.138. The van der Waals surface area contributed by atoms with Crippen LogP contribution in [0.2, 0.25) is 0 Å². The molecule has 1 aliphatic heterocycles. The van der Waals surface area contributed by atoms with Crippen LogP contribution in [0.3, 0.4) is 0 Å². The molecule has 1 aliphatic rings. The molecular formula is C15H20BrNO2. The van der Waals surface area contributed by atoms with Crippen LogP contribution < -0.4 is 4.74 Å². The number of piperidine rings is 1. The molecule has 1 saturated heterocycles. The largest absolute Gasteiger partial charge is 0.481 e. The van der Waals surface area contributed by atoms with Gasteiger partial charge in [0, 0.05) is 17.6 Å². The number of amides is 1. The van der Waals surface area contributed by atoms with E-state index in [0.717, 1.165) is 41.7 Å². The fourth-order valence-corrected chi connectivity index (χ4v) is 2.56. The minimum atomic E-state index is -0.418. The zero-order valence-electron chi connectivity index (χ0n) is 11.5. The van der Waals surface area contributed by atoms with E-state index in [1.54, 1.807) is 0 Å². The number of nitrogens with zero attached hydrogens (tertiary/aromatic N) is 1. The lowest BCUT2D eigenvalue weighted by atomic mass is 10.1. The maximum absolute atomic E-state index is 12.2. The van der Waals surface area contributed by atoms with E-state index in [2.05, 4.69) is 15.9 Å². The highest BCUT2D eigenvalue weighted by atomic mass is 79.9. The highest BCUT2D eigenvalue weighted by molar-refractivity contribution is 9.10. The summed E-state index contributed by atoms with van der Waals surface area (Å²) in [5.41, 5.74) is 1.11. The van der Waals surface area contributed by atoms with Gasteiger partial charge in [0.1, 0.15) is 5.75 Å². The van der Waals surface area contributed by atoms with Crippen LogP contribution in [-0.2, 0) is 4.79 Å². The zero-order chi connectivity index (χ0) is 13.8. The molecule has 2 rings (SSSR count). The Balaban J connectivity index is 1.97.